The Morgan fingerprint density at radius 2 is 1.96 bits per heavy atom. The van der Waals surface area contributed by atoms with Crippen molar-refractivity contribution >= 4 is 27.3 Å². The number of nitro groups is 1. The number of hydrogen-bond acceptors (Lipinski definition) is 6. The molecule has 0 bridgehead atoms. The van der Waals surface area contributed by atoms with Crippen LogP contribution < -0.4 is 10.2 Å². The number of rotatable bonds is 8. The molecule has 1 N–H and O–H groups in total. The Morgan fingerprint density at radius 1 is 1.30 bits per heavy atom. The van der Waals surface area contributed by atoms with Crippen LogP contribution in [0.4, 0.5) is 11.4 Å². The molecule has 1 aromatic rings. The van der Waals surface area contributed by atoms with E-state index in [-0.39, 0.29) is 35.3 Å². The topological polar surface area (TPSA) is 113 Å². The maximum Gasteiger partial charge on any atom is 0.293 e. The number of benzene rings is 1. The highest BCUT2D eigenvalue weighted by molar-refractivity contribution is 7.89. The van der Waals surface area contributed by atoms with Crippen LogP contribution >= 0.6 is 0 Å². The van der Waals surface area contributed by atoms with E-state index in [0.717, 1.165) is 12.5 Å². The van der Waals surface area contributed by atoms with Crippen molar-refractivity contribution in [1.29, 1.82) is 0 Å². The zero-order chi connectivity index (χ0) is 20.2. The first-order chi connectivity index (χ1) is 12.8. The van der Waals surface area contributed by atoms with Gasteiger partial charge in [-0.05, 0) is 18.6 Å². The van der Waals surface area contributed by atoms with Crippen molar-refractivity contribution in [2.75, 3.05) is 31.1 Å². The molecule has 1 fully saturated rings. The van der Waals surface area contributed by atoms with Gasteiger partial charge in [-0.15, -0.1) is 0 Å². The molecule has 1 aliphatic rings. The van der Waals surface area contributed by atoms with Crippen LogP contribution in [0.5, 0.6) is 0 Å². The second-order valence-corrected chi connectivity index (χ2v) is 8.22. The number of hydrogen-bond donors (Lipinski definition) is 1. The van der Waals surface area contributed by atoms with Crippen LogP contribution in [0.3, 0.4) is 0 Å². The third-order valence-corrected chi connectivity index (χ3v) is 6.74. The number of anilines is 1. The SMILES string of the molecule is CCCC1C(=O)NCCN1c1ccc(S(=O)(=O)N(CC)CC)cc1[N+](=O)[O-]. The lowest BCUT2D eigenvalue weighted by atomic mass is 10.1. The molecule has 0 radical (unpaired) electrons. The minimum atomic E-state index is -3.81. The van der Waals surface area contributed by atoms with Crippen LogP contribution in [-0.4, -0.2) is 55.8 Å². The number of nitrogens with one attached hydrogen (secondary N) is 1. The van der Waals surface area contributed by atoms with Gasteiger partial charge >= 0.3 is 0 Å². The minimum Gasteiger partial charge on any atom is -0.353 e. The summed E-state index contributed by atoms with van der Waals surface area (Å²) in [7, 11) is -3.81. The van der Waals surface area contributed by atoms with Crippen molar-refractivity contribution in [3.05, 3.63) is 28.3 Å². The zero-order valence-electron chi connectivity index (χ0n) is 15.8. The summed E-state index contributed by atoms with van der Waals surface area (Å²) in [5, 5.41) is 14.4. The molecule has 1 saturated heterocycles. The van der Waals surface area contributed by atoms with Crippen LogP contribution in [0, 0.1) is 10.1 Å². The first-order valence-electron chi connectivity index (χ1n) is 9.10. The molecule has 10 heteroatoms. The molecule has 1 aliphatic heterocycles. The standard InChI is InChI=1S/C17H26N4O5S/c1-4-7-15-17(22)18-10-11-20(15)14-9-8-13(12-16(14)21(23)24)27(25,26)19(5-2)6-3/h8-9,12,15H,4-7,10-11H2,1-3H3,(H,18,22). The summed E-state index contributed by atoms with van der Waals surface area (Å²) in [5.74, 6) is -0.169. The molecule has 1 unspecified atom stereocenters. The van der Waals surface area contributed by atoms with Gasteiger partial charge in [0.25, 0.3) is 5.69 Å². The number of carbonyl (C=O) groups is 1. The second kappa shape index (κ2) is 8.66. The molecule has 27 heavy (non-hydrogen) atoms. The van der Waals surface area contributed by atoms with E-state index in [0.29, 0.717) is 19.5 Å². The van der Waals surface area contributed by atoms with E-state index in [1.165, 1.54) is 16.4 Å². The van der Waals surface area contributed by atoms with Crippen molar-refractivity contribution in [2.24, 2.45) is 0 Å². The summed E-state index contributed by atoms with van der Waals surface area (Å²) in [6, 6.07) is 3.41. The summed E-state index contributed by atoms with van der Waals surface area (Å²) >= 11 is 0. The molecule has 0 spiro atoms. The van der Waals surface area contributed by atoms with Crippen molar-refractivity contribution in [3.8, 4) is 0 Å². The molecule has 1 aromatic carbocycles. The Labute approximate surface area is 159 Å². The number of nitrogens with zero attached hydrogens (tertiary/aromatic N) is 3. The van der Waals surface area contributed by atoms with Crippen LogP contribution in [-0.2, 0) is 14.8 Å². The van der Waals surface area contributed by atoms with Crippen LogP contribution in [0.15, 0.2) is 23.1 Å². The average Bonchev–Trinajstić information content (AvgIpc) is 2.63. The van der Waals surface area contributed by atoms with Gasteiger partial charge in [-0.2, -0.15) is 4.31 Å². The molecule has 1 heterocycles. The third-order valence-electron chi connectivity index (χ3n) is 4.69. The molecule has 1 amide bonds. The number of carbonyl (C=O) groups excluding carboxylic acids is 1. The molecular formula is C17H26N4O5S. The second-order valence-electron chi connectivity index (χ2n) is 6.29. The normalized spacial score (nSPS) is 17.9. The molecular weight excluding hydrogens is 372 g/mol. The highest BCUT2D eigenvalue weighted by Gasteiger charge is 2.34. The van der Waals surface area contributed by atoms with Crippen LogP contribution in [0.2, 0.25) is 0 Å². The predicted octanol–water partition coefficient (Wildman–Crippen LogP) is 1.73. The molecule has 0 saturated carbocycles. The first-order valence-corrected chi connectivity index (χ1v) is 10.5. The quantitative estimate of drug-likeness (QED) is 0.527. The molecule has 9 nitrogen and oxygen atoms in total. The molecule has 2 rings (SSSR count). The highest BCUT2D eigenvalue weighted by atomic mass is 32.2. The largest absolute Gasteiger partial charge is 0.353 e. The number of amides is 1. The van der Waals surface area contributed by atoms with E-state index in [9.17, 15) is 23.3 Å². The fourth-order valence-electron chi connectivity index (χ4n) is 3.33. The van der Waals surface area contributed by atoms with Gasteiger partial charge in [0.05, 0.1) is 9.82 Å². The van der Waals surface area contributed by atoms with E-state index < -0.39 is 21.0 Å². The van der Waals surface area contributed by atoms with Gasteiger partial charge < -0.3 is 10.2 Å². The van der Waals surface area contributed by atoms with Gasteiger partial charge in [-0.25, -0.2) is 8.42 Å². The summed E-state index contributed by atoms with van der Waals surface area (Å²) in [6.45, 7) is 6.73. The number of piperazine rings is 1. The first kappa shape index (κ1) is 21.1. The van der Waals surface area contributed by atoms with E-state index in [1.807, 2.05) is 6.92 Å². The molecule has 1 atom stereocenters. The van der Waals surface area contributed by atoms with Gasteiger partial charge in [0, 0.05) is 32.2 Å². The average molecular weight is 398 g/mol. The number of nitro benzene ring substituents is 1. The van der Waals surface area contributed by atoms with Gasteiger partial charge in [-0.1, -0.05) is 27.2 Å². The van der Waals surface area contributed by atoms with Crippen molar-refractivity contribution < 1.29 is 18.1 Å². The fourth-order valence-corrected chi connectivity index (χ4v) is 4.81. The van der Waals surface area contributed by atoms with E-state index in [1.54, 1.807) is 18.7 Å². The Morgan fingerprint density at radius 3 is 2.52 bits per heavy atom. The van der Waals surface area contributed by atoms with Gasteiger partial charge in [0.2, 0.25) is 15.9 Å². The van der Waals surface area contributed by atoms with Crippen molar-refractivity contribution in [2.45, 2.75) is 44.6 Å². The van der Waals surface area contributed by atoms with Gasteiger partial charge in [0.15, 0.2) is 0 Å². The molecule has 0 aliphatic carbocycles. The van der Waals surface area contributed by atoms with Crippen molar-refractivity contribution in [3.63, 3.8) is 0 Å². The lowest BCUT2D eigenvalue weighted by Crippen LogP contribution is -2.55. The lowest BCUT2D eigenvalue weighted by molar-refractivity contribution is -0.384. The van der Waals surface area contributed by atoms with Crippen molar-refractivity contribution in [1.82, 2.24) is 9.62 Å². The Balaban J connectivity index is 2.53. The molecule has 0 aromatic heterocycles. The summed E-state index contributed by atoms with van der Waals surface area (Å²) in [6.07, 6.45) is 1.30. The zero-order valence-corrected chi connectivity index (χ0v) is 16.7. The highest BCUT2D eigenvalue weighted by Crippen LogP contribution is 2.34. The minimum absolute atomic E-state index is 0.116. The predicted molar refractivity (Wildman–Crippen MR) is 102 cm³/mol. The molecule has 150 valence electrons. The van der Waals surface area contributed by atoms with E-state index in [4.69, 9.17) is 0 Å². The Hall–Kier alpha value is -2.20. The smallest absolute Gasteiger partial charge is 0.293 e. The summed E-state index contributed by atoms with van der Waals surface area (Å²) in [4.78, 5) is 24.9. The van der Waals surface area contributed by atoms with Crippen LogP contribution in [0.1, 0.15) is 33.6 Å². The number of sulfonamides is 1. The van der Waals surface area contributed by atoms with Gasteiger partial charge in [0.1, 0.15) is 11.7 Å². The summed E-state index contributed by atoms with van der Waals surface area (Å²) < 4.78 is 26.7. The monoisotopic (exact) mass is 398 g/mol. The van der Waals surface area contributed by atoms with E-state index >= 15 is 0 Å². The Bertz CT molecular complexity index is 808. The van der Waals surface area contributed by atoms with Gasteiger partial charge in [-0.3, -0.25) is 14.9 Å². The lowest BCUT2D eigenvalue weighted by Gasteiger charge is -2.36. The Kier molecular flexibility index (Phi) is 6.77. The third kappa shape index (κ3) is 4.22. The maximum atomic E-state index is 12.7. The fraction of sp³-hybridized carbons (Fsp3) is 0.588. The van der Waals surface area contributed by atoms with E-state index in [2.05, 4.69) is 5.32 Å². The van der Waals surface area contributed by atoms with Crippen LogP contribution in [0.25, 0.3) is 0 Å². The maximum absolute atomic E-state index is 12.7. The summed E-state index contributed by atoms with van der Waals surface area (Å²) in [5.41, 5.74) is -0.0363.